The van der Waals surface area contributed by atoms with E-state index in [1.54, 1.807) is 0 Å². The van der Waals surface area contributed by atoms with E-state index in [4.69, 9.17) is 5.11 Å². The zero-order valence-corrected chi connectivity index (χ0v) is 6.99. The highest BCUT2D eigenvalue weighted by Gasteiger charge is 2.36. The maximum atomic E-state index is 10.6. The van der Waals surface area contributed by atoms with Crippen molar-refractivity contribution in [2.24, 2.45) is 5.92 Å². The van der Waals surface area contributed by atoms with Crippen molar-refractivity contribution >= 4 is 6.09 Å². The normalized spacial score (nSPS) is 34.8. The highest BCUT2D eigenvalue weighted by Crippen LogP contribution is 2.24. The molecule has 2 atom stereocenters. The lowest BCUT2D eigenvalue weighted by atomic mass is 9.94. The lowest BCUT2D eigenvalue weighted by molar-refractivity contribution is 0.153. The van der Waals surface area contributed by atoms with Gasteiger partial charge in [0.05, 0.1) is 0 Å². The Balaban J connectivity index is 1.98. The fourth-order valence-electron chi connectivity index (χ4n) is 2.20. The molecule has 4 nitrogen and oxygen atoms in total. The van der Waals surface area contributed by atoms with E-state index in [1.165, 1.54) is 17.7 Å². The second-order valence-corrected chi connectivity index (χ2v) is 3.65. The van der Waals surface area contributed by atoms with Crippen LogP contribution >= 0.6 is 0 Å². The van der Waals surface area contributed by atoms with Crippen LogP contribution in [0.15, 0.2) is 0 Å². The monoisotopic (exact) mass is 170 g/mol. The van der Waals surface area contributed by atoms with Gasteiger partial charge in [-0.3, -0.25) is 0 Å². The molecule has 1 amide bonds. The van der Waals surface area contributed by atoms with Gasteiger partial charge in [-0.2, -0.15) is 0 Å². The molecule has 0 bridgehead atoms. The Morgan fingerprint density at radius 2 is 2.33 bits per heavy atom. The summed E-state index contributed by atoms with van der Waals surface area (Å²) in [4.78, 5) is 12.2. The van der Waals surface area contributed by atoms with Crippen LogP contribution in [0, 0.1) is 5.92 Å². The molecule has 2 rings (SSSR count). The average Bonchev–Trinajstić information content (AvgIpc) is 2.46. The first kappa shape index (κ1) is 7.86. The molecule has 0 aromatic carbocycles. The molecule has 0 aromatic rings. The number of nitrogens with zero attached hydrogens (tertiary/aromatic N) is 1. The van der Waals surface area contributed by atoms with Crippen LogP contribution in [0.3, 0.4) is 0 Å². The minimum absolute atomic E-state index is 0.426. The molecule has 4 heteroatoms. The maximum absolute atomic E-state index is 10.6. The number of hydrogen-bond donors (Lipinski definition) is 2. The molecule has 0 aliphatic carbocycles. The Kier molecular flexibility index (Phi) is 1.92. The van der Waals surface area contributed by atoms with E-state index < -0.39 is 6.09 Å². The lowest BCUT2D eigenvalue weighted by Gasteiger charge is -2.24. The van der Waals surface area contributed by atoms with Gasteiger partial charge in [0.15, 0.2) is 0 Å². The summed E-state index contributed by atoms with van der Waals surface area (Å²) in [6, 6.07) is 0.426. The van der Waals surface area contributed by atoms with Crippen LogP contribution in [-0.4, -0.2) is 41.8 Å². The van der Waals surface area contributed by atoms with Crippen molar-refractivity contribution in [3.8, 4) is 0 Å². The summed E-state index contributed by atoms with van der Waals surface area (Å²) in [5, 5.41) is 12.1. The summed E-state index contributed by atoms with van der Waals surface area (Å²) in [5.74, 6) is 0.565. The third kappa shape index (κ3) is 1.27. The number of carboxylic acid groups (broad SMARTS) is 1. The topological polar surface area (TPSA) is 52.6 Å². The van der Waals surface area contributed by atoms with Gasteiger partial charge in [0.1, 0.15) is 0 Å². The third-order valence-corrected chi connectivity index (χ3v) is 2.87. The van der Waals surface area contributed by atoms with Crippen molar-refractivity contribution in [3.63, 3.8) is 0 Å². The first-order valence-corrected chi connectivity index (χ1v) is 4.48. The van der Waals surface area contributed by atoms with E-state index >= 15 is 0 Å². The fourth-order valence-corrected chi connectivity index (χ4v) is 2.20. The molecule has 0 unspecified atom stereocenters. The number of likely N-dealkylation sites (tertiary alicyclic amines) is 1. The molecule has 0 saturated carbocycles. The molecule has 2 N–H and O–H groups in total. The molecule has 0 spiro atoms. The molecule has 68 valence electrons. The van der Waals surface area contributed by atoms with Crippen LogP contribution in [-0.2, 0) is 0 Å². The van der Waals surface area contributed by atoms with Gasteiger partial charge in [0, 0.05) is 19.1 Å². The van der Waals surface area contributed by atoms with Crippen LogP contribution in [0.4, 0.5) is 4.79 Å². The highest BCUT2D eigenvalue weighted by atomic mass is 16.4. The summed E-state index contributed by atoms with van der Waals surface area (Å²) < 4.78 is 0. The van der Waals surface area contributed by atoms with Crippen LogP contribution < -0.4 is 5.32 Å². The number of rotatable bonds is 0. The Bertz CT molecular complexity index is 181. The van der Waals surface area contributed by atoms with Crippen LogP contribution in [0.2, 0.25) is 0 Å². The van der Waals surface area contributed by atoms with E-state index in [0.717, 1.165) is 13.1 Å². The summed E-state index contributed by atoms with van der Waals surface area (Å²) in [6.07, 6.45) is 1.60. The summed E-state index contributed by atoms with van der Waals surface area (Å²) >= 11 is 0. The molecule has 2 saturated heterocycles. The molecule has 2 aliphatic rings. The fraction of sp³-hybridized carbons (Fsp3) is 0.875. The minimum Gasteiger partial charge on any atom is -0.465 e. The summed E-state index contributed by atoms with van der Waals surface area (Å²) in [5.41, 5.74) is 0. The zero-order chi connectivity index (χ0) is 8.55. The SMILES string of the molecule is O=C(O)N1C[C@H]2CCCN[C@H]2C1. The van der Waals surface area contributed by atoms with E-state index in [2.05, 4.69) is 5.32 Å². The Labute approximate surface area is 71.5 Å². The van der Waals surface area contributed by atoms with Crippen molar-refractivity contribution in [2.75, 3.05) is 19.6 Å². The standard InChI is InChI=1S/C8H14N2O2/c11-8(12)10-4-6-2-1-3-9-7(6)5-10/h6-7,9H,1-5H2,(H,11,12)/t6-,7+/m1/s1. The average molecular weight is 170 g/mol. The number of nitrogens with one attached hydrogen (secondary N) is 1. The van der Waals surface area contributed by atoms with Gasteiger partial charge >= 0.3 is 6.09 Å². The van der Waals surface area contributed by atoms with E-state index in [0.29, 0.717) is 18.5 Å². The van der Waals surface area contributed by atoms with Gasteiger partial charge in [-0.05, 0) is 25.3 Å². The third-order valence-electron chi connectivity index (χ3n) is 2.87. The number of piperidine rings is 1. The van der Waals surface area contributed by atoms with Crippen molar-refractivity contribution in [1.82, 2.24) is 10.2 Å². The van der Waals surface area contributed by atoms with Gasteiger partial charge in [-0.15, -0.1) is 0 Å². The molecular weight excluding hydrogens is 156 g/mol. The maximum Gasteiger partial charge on any atom is 0.407 e. The van der Waals surface area contributed by atoms with Crippen molar-refractivity contribution in [2.45, 2.75) is 18.9 Å². The lowest BCUT2D eigenvalue weighted by Crippen LogP contribution is -2.40. The number of carbonyl (C=O) groups is 1. The molecule has 0 aromatic heterocycles. The second kappa shape index (κ2) is 2.94. The van der Waals surface area contributed by atoms with Crippen molar-refractivity contribution in [1.29, 1.82) is 0 Å². The van der Waals surface area contributed by atoms with Crippen LogP contribution in [0.1, 0.15) is 12.8 Å². The van der Waals surface area contributed by atoms with Crippen molar-refractivity contribution in [3.05, 3.63) is 0 Å². The largest absolute Gasteiger partial charge is 0.465 e. The van der Waals surface area contributed by atoms with Crippen LogP contribution in [0.5, 0.6) is 0 Å². The Hall–Kier alpha value is -0.770. The van der Waals surface area contributed by atoms with E-state index in [-0.39, 0.29) is 0 Å². The van der Waals surface area contributed by atoms with E-state index in [9.17, 15) is 4.79 Å². The Morgan fingerprint density at radius 3 is 3.00 bits per heavy atom. The molecule has 2 fully saturated rings. The van der Waals surface area contributed by atoms with E-state index in [1.807, 2.05) is 0 Å². The molecule has 2 heterocycles. The first-order chi connectivity index (χ1) is 5.77. The predicted molar refractivity (Wildman–Crippen MR) is 44.1 cm³/mol. The molecule has 0 radical (unpaired) electrons. The first-order valence-electron chi connectivity index (χ1n) is 4.48. The molecule has 12 heavy (non-hydrogen) atoms. The van der Waals surface area contributed by atoms with Gasteiger partial charge < -0.3 is 15.3 Å². The predicted octanol–water partition coefficient (Wildman–Crippen LogP) is 0.348. The summed E-state index contributed by atoms with van der Waals surface area (Å²) in [7, 11) is 0. The minimum atomic E-state index is -0.772. The molecular formula is C8H14N2O2. The summed E-state index contributed by atoms with van der Waals surface area (Å²) in [6.45, 7) is 2.46. The van der Waals surface area contributed by atoms with Gasteiger partial charge in [-0.25, -0.2) is 4.79 Å². The number of amides is 1. The highest BCUT2D eigenvalue weighted by molar-refractivity contribution is 5.65. The quantitative estimate of drug-likeness (QED) is 0.551. The number of hydrogen-bond acceptors (Lipinski definition) is 2. The van der Waals surface area contributed by atoms with Gasteiger partial charge in [0.2, 0.25) is 0 Å². The zero-order valence-electron chi connectivity index (χ0n) is 6.99. The van der Waals surface area contributed by atoms with Gasteiger partial charge in [0.25, 0.3) is 0 Å². The number of fused-ring (bicyclic) bond motifs is 1. The van der Waals surface area contributed by atoms with Crippen LogP contribution in [0.25, 0.3) is 0 Å². The Morgan fingerprint density at radius 1 is 1.50 bits per heavy atom. The van der Waals surface area contributed by atoms with Gasteiger partial charge in [-0.1, -0.05) is 0 Å². The smallest absolute Gasteiger partial charge is 0.407 e. The second-order valence-electron chi connectivity index (χ2n) is 3.65. The molecule has 2 aliphatic heterocycles. The van der Waals surface area contributed by atoms with Crippen molar-refractivity contribution < 1.29 is 9.90 Å².